The maximum atomic E-state index is 12.9. The van der Waals surface area contributed by atoms with E-state index >= 15 is 0 Å². The molecule has 0 bridgehead atoms. The first-order valence-corrected chi connectivity index (χ1v) is 37.3. The molecule has 576 valence electrons. The van der Waals surface area contributed by atoms with E-state index in [2.05, 4.69) is 36.3 Å². The fourth-order valence-corrected chi connectivity index (χ4v) is 10.5. The number of carbonyl (C=O) groups is 7. The minimum absolute atomic E-state index is 0. The Kier molecular flexibility index (Phi) is 53.2. The number of hydrogen-bond acceptors (Lipinski definition) is 17. The molecule has 0 aliphatic heterocycles. The molecule has 5 aromatic rings. The van der Waals surface area contributed by atoms with Crippen LogP contribution in [0, 0.1) is 34.6 Å². The molecular weight excluding hydrogens is 1510 g/mol. The molecule has 13 N–H and O–H groups in total. The van der Waals surface area contributed by atoms with E-state index in [1.165, 1.54) is 20.7 Å². The van der Waals surface area contributed by atoms with Crippen LogP contribution in [0.3, 0.4) is 0 Å². The summed E-state index contributed by atoms with van der Waals surface area (Å²) in [5.74, 6) is 1.40. The first kappa shape index (κ1) is 99.0. The molecule has 0 saturated carbocycles. The lowest BCUT2D eigenvalue weighted by Gasteiger charge is -2.25. The lowest BCUT2D eigenvalue weighted by Crippen LogP contribution is -2.48. The molecule has 32 heteroatoms. The van der Waals surface area contributed by atoms with Gasteiger partial charge in [-0.1, -0.05) is 37.8 Å². The number of ether oxygens (including phenoxy) is 1. The number of aryl methyl sites for hydroxylation is 5. The summed E-state index contributed by atoms with van der Waals surface area (Å²) < 4.78 is 5.31. The van der Waals surface area contributed by atoms with Gasteiger partial charge in [0.25, 0.3) is 0 Å². The van der Waals surface area contributed by atoms with Gasteiger partial charge in [0.1, 0.15) is 11.9 Å². The smallest absolute Gasteiger partial charge is 0.374 e. The number of alkyl halides is 9. The van der Waals surface area contributed by atoms with Crippen molar-refractivity contribution < 1.29 is 48.4 Å². The van der Waals surface area contributed by atoms with Gasteiger partial charge in [0.05, 0.1) is 30.8 Å². The zero-order valence-electron chi connectivity index (χ0n) is 60.0. The number of aldehydes is 1. The van der Waals surface area contributed by atoms with Crippen molar-refractivity contribution in [1.29, 1.82) is 0 Å². The number of amides is 4. The van der Waals surface area contributed by atoms with Gasteiger partial charge in [-0.15, -0.1) is 104 Å². The van der Waals surface area contributed by atoms with Crippen LogP contribution in [0.2, 0.25) is 6.82 Å². The number of anilines is 10. The van der Waals surface area contributed by atoms with Gasteiger partial charge in [-0.2, -0.15) is 0 Å². The zero-order chi connectivity index (χ0) is 77.7. The Bertz CT molecular complexity index is 3320. The van der Waals surface area contributed by atoms with E-state index < -0.39 is 54.9 Å². The topological polar surface area (TPSA) is 320 Å². The average molecular weight is 1620 g/mol. The number of benzene rings is 5. The highest BCUT2D eigenvalue weighted by molar-refractivity contribution is 6.46. The van der Waals surface area contributed by atoms with Crippen molar-refractivity contribution in [1.82, 2.24) is 5.23 Å². The average Bonchev–Trinajstić information content (AvgIpc) is 0.856. The molecule has 0 fully saturated rings. The molecule has 2 atom stereocenters. The van der Waals surface area contributed by atoms with E-state index in [0.29, 0.717) is 96.6 Å². The van der Waals surface area contributed by atoms with E-state index in [4.69, 9.17) is 136 Å². The fraction of sp³-hybridized carbons (Fsp3) is 0.479. The lowest BCUT2D eigenvalue weighted by molar-refractivity contribution is -0.156. The van der Waals surface area contributed by atoms with Gasteiger partial charge in [-0.3, -0.25) is 28.8 Å². The second kappa shape index (κ2) is 55.4. The summed E-state index contributed by atoms with van der Waals surface area (Å²) in [5.41, 5.74) is 29.3. The summed E-state index contributed by atoms with van der Waals surface area (Å²) >= 11 is 51.2. The number of nitrogens with zero attached hydrogens (tertiary/aromatic N) is 4. The molecule has 0 aliphatic rings. The van der Waals surface area contributed by atoms with Crippen LogP contribution in [0.4, 0.5) is 56.9 Å². The molecule has 4 amide bonds. The van der Waals surface area contributed by atoms with Crippen molar-refractivity contribution in [3.63, 3.8) is 0 Å². The molecule has 0 unspecified atom stereocenters. The Morgan fingerprint density at radius 2 is 0.806 bits per heavy atom. The maximum absolute atomic E-state index is 12.9. The molecule has 22 nitrogen and oxygen atoms in total. The number of carboxylic acids is 1. The molecule has 0 aromatic heterocycles. The van der Waals surface area contributed by atoms with E-state index in [0.717, 1.165) is 93.8 Å². The van der Waals surface area contributed by atoms with Crippen LogP contribution >= 0.6 is 104 Å². The Morgan fingerprint density at radius 3 is 1.10 bits per heavy atom. The van der Waals surface area contributed by atoms with E-state index in [9.17, 15) is 33.8 Å². The van der Waals surface area contributed by atoms with Crippen LogP contribution in [0.1, 0.15) is 82.7 Å². The number of carbonyl (C=O) groups excluding carboxylic acids is 6. The highest BCUT2D eigenvalue weighted by atomic mass is 35.5. The summed E-state index contributed by atoms with van der Waals surface area (Å²) in [6.07, 6.45) is 0.00805. The summed E-state index contributed by atoms with van der Waals surface area (Å²) in [5, 5.41) is 32.1. The predicted molar refractivity (Wildman–Crippen MR) is 440 cm³/mol. The van der Waals surface area contributed by atoms with Crippen LogP contribution in [-0.4, -0.2) is 182 Å². The third-order valence-electron chi connectivity index (χ3n) is 14.0. The molecule has 5 aromatic carbocycles. The van der Waals surface area contributed by atoms with Crippen LogP contribution in [0.25, 0.3) is 0 Å². The van der Waals surface area contributed by atoms with Gasteiger partial charge in [0.2, 0.25) is 23.6 Å². The fourth-order valence-electron chi connectivity index (χ4n) is 8.89. The second-order valence-electron chi connectivity index (χ2n) is 23.6. The number of hydrogen-bond donors (Lipinski definition) is 10. The minimum atomic E-state index is -1.12. The Labute approximate surface area is 655 Å². The van der Waals surface area contributed by atoms with Gasteiger partial charge in [0, 0.05) is 170 Å². The number of halogens is 9. The number of nitrogens with one attached hydrogen (secondary N) is 5. The summed E-state index contributed by atoms with van der Waals surface area (Å²) in [4.78, 5) is 86.9. The number of nitrogens with two attached hydrogens (primary N) is 3. The van der Waals surface area contributed by atoms with Gasteiger partial charge in [-0.25, -0.2) is 0 Å². The van der Waals surface area contributed by atoms with Crippen molar-refractivity contribution in [3.05, 3.63) is 119 Å². The third-order valence-corrected chi connectivity index (χ3v) is 15.4. The summed E-state index contributed by atoms with van der Waals surface area (Å²) in [7, 11) is -0.974. The maximum Gasteiger partial charge on any atom is 0.374 e. The largest absolute Gasteiger partial charge is 0.481 e. The van der Waals surface area contributed by atoms with Crippen molar-refractivity contribution >= 4 is 210 Å². The van der Waals surface area contributed by atoms with Crippen molar-refractivity contribution in [2.24, 2.45) is 5.73 Å². The second-order valence-corrected chi connectivity index (χ2v) is 27.0. The summed E-state index contributed by atoms with van der Waals surface area (Å²) in [6, 6.07) is 26.6. The number of aliphatic carboxylic acids is 1. The van der Waals surface area contributed by atoms with Crippen LogP contribution in [0.5, 0.6) is 0 Å². The molecule has 0 spiro atoms. The first-order valence-electron chi connectivity index (χ1n) is 32.4. The number of esters is 1. The van der Waals surface area contributed by atoms with Crippen LogP contribution in [0.15, 0.2) is 91.0 Å². The number of nitrogen functional groups attached to an aromatic ring is 2. The van der Waals surface area contributed by atoms with Gasteiger partial charge in [0.15, 0.2) is 0 Å². The lowest BCUT2D eigenvalue weighted by atomic mass is 9.86. The monoisotopic (exact) mass is 1610 g/mol. The van der Waals surface area contributed by atoms with Crippen molar-refractivity contribution in [2.45, 2.75) is 114 Å². The third kappa shape index (κ3) is 42.6. The van der Waals surface area contributed by atoms with Crippen LogP contribution < -0.4 is 63.3 Å². The molecule has 0 aliphatic carbocycles. The minimum Gasteiger partial charge on any atom is -0.481 e. The normalized spacial score (nSPS) is 10.9. The number of rotatable bonds is 33. The predicted octanol–water partition coefficient (Wildman–Crippen LogP) is 13.7. The quantitative estimate of drug-likeness (QED) is 0.00613. The van der Waals surface area contributed by atoms with E-state index in [-0.39, 0.29) is 31.5 Å². The van der Waals surface area contributed by atoms with Gasteiger partial charge in [-0.05, 0) is 151 Å². The van der Waals surface area contributed by atoms with E-state index in [1.807, 2.05) is 117 Å². The Balaban J connectivity index is 0. The van der Waals surface area contributed by atoms with Crippen molar-refractivity contribution in [3.8, 4) is 0 Å². The molecule has 0 radical (unpaired) electrons. The molecule has 5 rings (SSSR count). The van der Waals surface area contributed by atoms with Crippen LogP contribution in [-0.2, 0) is 38.3 Å². The molecular formula is C71H106BCl9N12O10. The Hall–Kier alpha value is -6.06. The highest BCUT2D eigenvalue weighted by Gasteiger charge is 2.28. The Morgan fingerprint density at radius 1 is 0.505 bits per heavy atom. The zero-order valence-corrected chi connectivity index (χ0v) is 66.8. The summed E-state index contributed by atoms with van der Waals surface area (Å²) in [6.45, 7) is 24.9. The van der Waals surface area contributed by atoms with Crippen molar-refractivity contribution in [2.75, 3.05) is 158 Å². The van der Waals surface area contributed by atoms with E-state index in [1.54, 1.807) is 39.0 Å². The standard InChI is InChI=1S/C20H32BCl2N3O4.C15H21Cl2N3O3.C13H18Cl2N2O.C11H16Cl2N2.C9H12N2O.C2H3ClO.CH4/c1-14-6-7-15(26(10-8-22)11-9-23)12-16(14)24-19(28)17(25-21(5)29)13-18(27)30-20(2,3)4;1-10-2-3-11(20(6-4-16)7-5-17)8-13(10)19-15(23)12(18)9-14(21)22;1-10-3-4-12(9-13(10)16-11(2)18)17(7-5-14)8-6-15;1-9-2-3-10(8-11(9)14)15(6-4-12)7-5-13;1-6-3-4-8(10)5-9(6)11-7(2)12;3-1-2-4;/h6-7,12,17,25,29H,8-11,13H2,1-5H3,(H,24,28);2-3,8,12H,4-7,9,18H2,1H3,(H,19,23)(H,21,22);3-4,9H,5-8H2,1-2H3,(H,16,18);2-3,8H,4-7,14H2,1H3;3-5H,10H2,1-2H3,(H,11,12);2H,1H2;1H4/t17-;12-;;;;;/m00...../s1. The number of carboxylic acid groups (broad SMARTS) is 1. The molecule has 103 heavy (non-hydrogen) atoms. The SMILES string of the molecule is C.CB(O)N[C@@H](CC(=O)OC(C)(C)C)C(=O)Nc1cc(N(CCCl)CCCl)ccc1C.CC(=O)Nc1cc(N(CCCl)CCCl)ccc1C.CC(=O)Nc1cc(N)ccc1C.Cc1ccc(N(CCCl)CCCl)cc1N.Cc1ccc(N(CCCl)CCCl)cc1NC(=O)[C@@H](N)CC(=O)O.O=CCCl. The van der Waals surface area contributed by atoms with Gasteiger partial charge < -0.3 is 83.0 Å². The first-order chi connectivity index (χ1) is 48.1. The van der Waals surface area contributed by atoms with Gasteiger partial charge >= 0.3 is 19.0 Å². The molecule has 0 heterocycles. The highest BCUT2D eigenvalue weighted by Crippen LogP contribution is 2.28. The molecule has 0 saturated heterocycles.